The molecule has 2 saturated heterocycles. The minimum absolute atomic E-state index is 0.0911. The molecule has 0 aromatic carbocycles. The van der Waals surface area contributed by atoms with Gasteiger partial charge in [-0.2, -0.15) is 0 Å². The van der Waals surface area contributed by atoms with Crippen LogP contribution < -0.4 is 0 Å². The number of fused-ring (bicyclic) bond motifs is 1. The summed E-state index contributed by atoms with van der Waals surface area (Å²) in [6.45, 7) is 3.61. The predicted molar refractivity (Wildman–Crippen MR) is 71.8 cm³/mol. The lowest BCUT2D eigenvalue weighted by Gasteiger charge is -2.37. The van der Waals surface area contributed by atoms with Crippen LogP contribution in [0.5, 0.6) is 0 Å². The van der Waals surface area contributed by atoms with E-state index in [1.807, 2.05) is 5.38 Å². The number of hydrogen-bond acceptors (Lipinski definition) is 4. The van der Waals surface area contributed by atoms with Gasteiger partial charge in [0.05, 0.1) is 11.6 Å². The molecule has 2 amide bonds. The molecule has 0 saturated carbocycles. The fraction of sp³-hybridized carbons (Fsp3) is 0.615. The van der Waals surface area contributed by atoms with Crippen molar-refractivity contribution in [2.75, 3.05) is 19.6 Å². The summed E-state index contributed by atoms with van der Waals surface area (Å²) in [6.07, 6.45) is 3.53. The molecule has 3 rings (SSSR count). The molecule has 6 heteroatoms. The van der Waals surface area contributed by atoms with Gasteiger partial charge in [-0.25, -0.2) is 4.98 Å². The Morgan fingerprint density at radius 1 is 1.53 bits per heavy atom. The van der Waals surface area contributed by atoms with Gasteiger partial charge in [0.25, 0.3) is 0 Å². The zero-order valence-corrected chi connectivity index (χ0v) is 11.7. The van der Waals surface area contributed by atoms with Crippen LogP contribution in [0, 0.1) is 0 Å². The number of carbonyl (C=O) groups is 2. The van der Waals surface area contributed by atoms with Crippen molar-refractivity contribution in [3.63, 3.8) is 0 Å². The Labute approximate surface area is 116 Å². The predicted octanol–water partition coefficient (Wildman–Crippen LogP) is 1.08. The van der Waals surface area contributed by atoms with Gasteiger partial charge in [0.2, 0.25) is 11.8 Å². The zero-order chi connectivity index (χ0) is 13.4. The summed E-state index contributed by atoms with van der Waals surface area (Å²) in [7, 11) is 0. The molecule has 2 aliphatic rings. The van der Waals surface area contributed by atoms with Crippen molar-refractivity contribution >= 4 is 23.2 Å². The van der Waals surface area contributed by atoms with Crippen molar-refractivity contribution in [1.29, 1.82) is 0 Å². The average molecular weight is 279 g/mol. The molecule has 19 heavy (non-hydrogen) atoms. The van der Waals surface area contributed by atoms with Gasteiger partial charge in [0, 0.05) is 30.6 Å². The van der Waals surface area contributed by atoms with Crippen LogP contribution in [0.3, 0.4) is 0 Å². The Hall–Kier alpha value is -1.43. The Kier molecular flexibility index (Phi) is 3.26. The lowest BCUT2D eigenvalue weighted by Crippen LogP contribution is -2.57. The van der Waals surface area contributed by atoms with Crippen molar-refractivity contribution in [3.05, 3.63) is 16.6 Å². The van der Waals surface area contributed by atoms with Crippen molar-refractivity contribution in [2.24, 2.45) is 0 Å². The Balaban J connectivity index is 1.71. The third-order valence-corrected chi connectivity index (χ3v) is 4.87. The van der Waals surface area contributed by atoms with Gasteiger partial charge < -0.3 is 9.80 Å². The van der Waals surface area contributed by atoms with E-state index in [1.54, 1.807) is 27.3 Å². The fourth-order valence-electron chi connectivity index (χ4n) is 2.91. The van der Waals surface area contributed by atoms with Gasteiger partial charge in [0.1, 0.15) is 6.04 Å². The minimum Gasteiger partial charge on any atom is -0.331 e. The van der Waals surface area contributed by atoms with Crippen LogP contribution in [-0.2, 0) is 9.59 Å². The van der Waals surface area contributed by atoms with E-state index >= 15 is 0 Å². The second kappa shape index (κ2) is 4.92. The van der Waals surface area contributed by atoms with Crippen LogP contribution in [0.25, 0.3) is 0 Å². The number of nitrogens with zero attached hydrogens (tertiary/aromatic N) is 3. The maximum absolute atomic E-state index is 12.4. The number of amides is 2. The van der Waals surface area contributed by atoms with Crippen molar-refractivity contribution in [2.45, 2.75) is 31.7 Å². The molecule has 2 atom stereocenters. The van der Waals surface area contributed by atoms with Gasteiger partial charge in [0.15, 0.2) is 0 Å². The Morgan fingerprint density at radius 2 is 2.37 bits per heavy atom. The normalized spacial score (nSPS) is 24.8. The van der Waals surface area contributed by atoms with Crippen LogP contribution in [0.2, 0.25) is 0 Å². The summed E-state index contributed by atoms with van der Waals surface area (Å²) >= 11 is 1.60. The minimum atomic E-state index is -0.204. The molecule has 2 fully saturated rings. The highest BCUT2D eigenvalue weighted by atomic mass is 32.1. The Morgan fingerprint density at radius 3 is 3.11 bits per heavy atom. The van der Waals surface area contributed by atoms with E-state index in [9.17, 15) is 9.59 Å². The number of aromatic nitrogens is 1. The number of rotatable bonds is 3. The molecular formula is C13H17N3O2S. The highest BCUT2D eigenvalue weighted by Gasteiger charge is 2.42. The van der Waals surface area contributed by atoms with Crippen LogP contribution in [0.4, 0.5) is 0 Å². The second-order valence-corrected chi connectivity index (χ2v) is 6.16. The third kappa shape index (κ3) is 2.25. The molecule has 102 valence electrons. The van der Waals surface area contributed by atoms with Crippen LogP contribution >= 0.6 is 11.3 Å². The van der Waals surface area contributed by atoms with Crippen molar-refractivity contribution in [1.82, 2.24) is 14.8 Å². The zero-order valence-electron chi connectivity index (χ0n) is 10.9. The summed E-state index contributed by atoms with van der Waals surface area (Å²) in [5, 5.41) is 2.96. The third-order valence-electron chi connectivity index (χ3n) is 3.86. The van der Waals surface area contributed by atoms with Gasteiger partial charge in [-0.1, -0.05) is 6.92 Å². The van der Waals surface area contributed by atoms with E-state index < -0.39 is 0 Å². The van der Waals surface area contributed by atoms with Crippen molar-refractivity contribution in [3.8, 4) is 0 Å². The maximum Gasteiger partial charge on any atom is 0.245 e. The largest absolute Gasteiger partial charge is 0.331 e. The molecular weight excluding hydrogens is 262 g/mol. The highest BCUT2D eigenvalue weighted by Crippen LogP contribution is 2.26. The second-order valence-electron chi connectivity index (χ2n) is 5.24. The van der Waals surface area contributed by atoms with E-state index in [1.165, 1.54) is 0 Å². The summed E-state index contributed by atoms with van der Waals surface area (Å²) in [5.74, 6) is 0.388. The summed E-state index contributed by atoms with van der Waals surface area (Å²) in [6, 6.07) is -0.204. The molecule has 0 bridgehead atoms. The van der Waals surface area contributed by atoms with Gasteiger partial charge in [-0.15, -0.1) is 11.3 Å². The monoisotopic (exact) mass is 279 g/mol. The molecule has 2 aliphatic heterocycles. The SMILES string of the molecule is CC(CN1CC(=O)N2CCCC2C1=O)c1nccs1. The molecule has 3 heterocycles. The number of hydrogen-bond donors (Lipinski definition) is 0. The number of carbonyl (C=O) groups excluding carboxylic acids is 2. The maximum atomic E-state index is 12.4. The molecule has 0 N–H and O–H groups in total. The van der Waals surface area contributed by atoms with Gasteiger partial charge in [-0.05, 0) is 12.8 Å². The average Bonchev–Trinajstić information content (AvgIpc) is 3.05. The summed E-state index contributed by atoms with van der Waals surface area (Å²) in [4.78, 5) is 32.1. The molecule has 0 aliphatic carbocycles. The van der Waals surface area contributed by atoms with Crippen LogP contribution in [0.15, 0.2) is 11.6 Å². The van der Waals surface area contributed by atoms with E-state index in [-0.39, 0.29) is 30.3 Å². The van der Waals surface area contributed by atoms with E-state index in [2.05, 4.69) is 11.9 Å². The topological polar surface area (TPSA) is 53.5 Å². The molecule has 0 radical (unpaired) electrons. The first-order valence-corrected chi connectivity index (χ1v) is 7.52. The smallest absolute Gasteiger partial charge is 0.245 e. The summed E-state index contributed by atoms with van der Waals surface area (Å²) < 4.78 is 0. The molecule has 2 unspecified atom stereocenters. The fourth-order valence-corrected chi connectivity index (χ4v) is 3.60. The Bertz CT molecular complexity index is 488. The molecule has 5 nitrogen and oxygen atoms in total. The molecule has 1 aromatic rings. The standard InChI is InChI=1S/C13H17N3O2S/c1-9(12-14-4-6-19-12)7-15-8-11(17)16-5-2-3-10(16)13(15)18/h4,6,9-10H,2-3,5,7-8H2,1H3. The number of piperazine rings is 1. The first kappa shape index (κ1) is 12.6. The van der Waals surface area contributed by atoms with E-state index in [4.69, 9.17) is 0 Å². The van der Waals surface area contributed by atoms with E-state index in [0.29, 0.717) is 6.54 Å². The first-order chi connectivity index (χ1) is 9.16. The highest BCUT2D eigenvalue weighted by molar-refractivity contribution is 7.09. The van der Waals surface area contributed by atoms with Crippen LogP contribution in [0.1, 0.15) is 30.7 Å². The summed E-state index contributed by atoms with van der Waals surface area (Å²) in [5.41, 5.74) is 0. The van der Waals surface area contributed by atoms with E-state index in [0.717, 1.165) is 24.4 Å². The lowest BCUT2D eigenvalue weighted by molar-refractivity contribution is -0.153. The quantitative estimate of drug-likeness (QED) is 0.832. The molecule has 0 spiro atoms. The first-order valence-electron chi connectivity index (χ1n) is 6.64. The van der Waals surface area contributed by atoms with Crippen molar-refractivity contribution < 1.29 is 9.59 Å². The molecule has 1 aromatic heterocycles. The van der Waals surface area contributed by atoms with Gasteiger partial charge in [-0.3, -0.25) is 9.59 Å². The lowest BCUT2D eigenvalue weighted by atomic mass is 10.1. The van der Waals surface area contributed by atoms with Crippen LogP contribution in [-0.4, -0.2) is 52.3 Å². The number of thiazole rings is 1. The van der Waals surface area contributed by atoms with Gasteiger partial charge >= 0.3 is 0 Å².